The summed E-state index contributed by atoms with van der Waals surface area (Å²) >= 11 is 0. The van der Waals surface area contributed by atoms with Gasteiger partial charge in [0, 0.05) is 19.1 Å². The number of anilines is 1. The van der Waals surface area contributed by atoms with Gasteiger partial charge in [-0.2, -0.15) is 5.10 Å². The molecule has 0 saturated carbocycles. The summed E-state index contributed by atoms with van der Waals surface area (Å²) in [6.07, 6.45) is 2.15. The third-order valence-electron chi connectivity index (χ3n) is 3.63. The maximum absolute atomic E-state index is 11.2. The Morgan fingerprint density at radius 1 is 1.42 bits per heavy atom. The fourth-order valence-corrected chi connectivity index (χ4v) is 1.96. The Morgan fingerprint density at radius 2 is 2.00 bits per heavy atom. The molecule has 0 aromatic carbocycles. The Labute approximate surface area is 113 Å². The van der Waals surface area contributed by atoms with E-state index in [1.54, 1.807) is 7.05 Å². The molecule has 1 heterocycles. The molecular weight excluding hydrogens is 246 g/mol. The molecule has 1 rings (SSSR count). The highest BCUT2D eigenvalue weighted by Gasteiger charge is 2.28. The van der Waals surface area contributed by atoms with Crippen molar-refractivity contribution < 1.29 is 4.92 Å². The van der Waals surface area contributed by atoms with E-state index in [4.69, 9.17) is 5.73 Å². The molecule has 0 unspecified atom stereocenters. The van der Waals surface area contributed by atoms with Crippen LogP contribution in [0.25, 0.3) is 0 Å². The molecule has 0 amide bonds. The highest BCUT2D eigenvalue weighted by Crippen LogP contribution is 2.29. The lowest BCUT2D eigenvalue weighted by Gasteiger charge is -2.27. The van der Waals surface area contributed by atoms with Gasteiger partial charge in [-0.1, -0.05) is 20.8 Å². The highest BCUT2D eigenvalue weighted by molar-refractivity contribution is 5.60. The highest BCUT2D eigenvalue weighted by atomic mass is 16.6. The number of hydrogen-bond donors (Lipinski definition) is 2. The molecule has 0 atom stereocenters. The van der Waals surface area contributed by atoms with Crippen LogP contribution in [-0.4, -0.2) is 26.8 Å². The molecule has 0 aliphatic heterocycles. The lowest BCUT2D eigenvalue weighted by atomic mass is 9.94. The summed E-state index contributed by atoms with van der Waals surface area (Å²) in [6.45, 7) is 6.37. The van der Waals surface area contributed by atoms with Gasteiger partial charge in [0.05, 0.1) is 4.92 Å². The zero-order valence-corrected chi connectivity index (χ0v) is 12.1. The number of hydrogen-bond acceptors (Lipinski definition) is 5. The number of aromatic nitrogens is 2. The van der Waals surface area contributed by atoms with Crippen LogP contribution in [0.1, 0.15) is 39.3 Å². The van der Waals surface area contributed by atoms with Crippen molar-refractivity contribution in [2.24, 2.45) is 12.8 Å². The minimum absolute atomic E-state index is 0.0551. The van der Waals surface area contributed by atoms with Crippen LogP contribution >= 0.6 is 0 Å². The Balaban J connectivity index is 3.01. The molecule has 7 heteroatoms. The molecule has 0 fully saturated rings. The number of nitro groups is 1. The smallest absolute Gasteiger partial charge is 0.333 e. The number of nitrogens with two attached hydrogens (primary N) is 1. The second-order valence-electron chi connectivity index (χ2n) is 4.80. The van der Waals surface area contributed by atoms with Crippen molar-refractivity contribution in [1.29, 1.82) is 0 Å². The van der Waals surface area contributed by atoms with E-state index in [1.165, 1.54) is 4.68 Å². The van der Waals surface area contributed by atoms with Crippen LogP contribution in [0.15, 0.2) is 0 Å². The Morgan fingerprint density at radius 3 is 2.42 bits per heavy atom. The Kier molecular flexibility index (Phi) is 4.88. The predicted molar refractivity (Wildman–Crippen MR) is 75.2 cm³/mol. The van der Waals surface area contributed by atoms with Crippen LogP contribution in [0.4, 0.5) is 11.5 Å². The normalized spacial score (nSPS) is 11.6. The molecule has 0 radical (unpaired) electrons. The first kappa shape index (κ1) is 15.4. The van der Waals surface area contributed by atoms with E-state index in [2.05, 4.69) is 10.4 Å². The van der Waals surface area contributed by atoms with Gasteiger partial charge in [-0.25, -0.2) is 4.68 Å². The summed E-state index contributed by atoms with van der Waals surface area (Å²) in [4.78, 5) is 10.8. The van der Waals surface area contributed by atoms with E-state index in [0.29, 0.717) is 24.5 Å². The van der Waals surface area contributed by atoms with Gasteiger partial charge in [-0.05, 0) is 19.3 Å². The summed E-state index contributed by atoms with van der Waals surface area (Å²) in [5.74, 6) is 0.429. The second-order valence-corrected chi connectivity index (χ2v) is 4.80. The van der Waals surface area contributed by atoms with Gasteiger partial charge in [0.25, 0.3) is 0 Å². The van der Waals surface area contributed by atoms with Crippen LogP contribution in [0.3, 0.4) is 0 Å². The third-order valence-corrected chi connectivity index (χ3v) is 3.63. The van der Waals surface area contributed by atoms with Crippen LogP contribution in [-0.2, 0) is 13.5 Å². The van der Waals surface area contributed by atoms with E-state index in [9.17, 15) is 10.1 Å². The van der Waals surface area contributed by atoms with Crippen LogP contribution in [0.2, 0.25) is 0 Å². The average Bonchev–Trinajstić information content (AvgIpc) is 2.72. The van der Waals surface area contributed by atoms with Crippen molar-refractivity contribution >= 4 is 11.5 Å². The van der Waals surface area contributed by atoms with Gasteiger partial charge in [0.1, 0.15) is 5.69 Å². The molecule has 3 N–H and O–H groups in total. The molecule has 108 valence electrons. The van der Waals surface area contributed by atoms with Gasteiger partial charge in [0.15, 0.2) is 0 Å². The van der Waals surface area contributed by atoms with Crippen LogP contribution in [0, 0.1) is 10.1 Å². The van der Waals surface area contributed by atoms with E-state index in [-0.39, 0.29) is 16.1 Å². The molecule has 1 aromatic heterocycles. The minimum Gasteiger partial charge on any atom is -0.363 e. The van der Waals surface area contributed by atoms with Crippen molar-refractivity contribution in [3.8, 4) is 0 Å². The Hall–Kier alpha value is -1.63. The number of aryl methyl sites for hydroxylation is 2. The van der Waals surface area contributed by atoms with Crippen LogP contribution < -0.4 is 11.1 Å². The fourth-order valence-electron chi connectivity index (χ4n) is 1.96. The molecule has 0 bridgehead atoms. The lowest BCUT2D eigenvalue weighted by molar-refractivity contribution is -0.384. The first-order chi connectivity index (χ1) is 8.88. The van der Waals surface area contributed by atoms with E-state index in [0.717, 1.165) is 12.8 Å². The lowest BCUT2D eigenvalue weighted by Crippen LogP contribution is -2.45. The average molecular weight is 269 g/mol. The SMILES string of the molecule is CCc1nn(C)c(NCC(N)(CC)CC)c1[N+](=O)[O-]. The zero-order valence-electron chi connectivity index (χ0n) is 12.1. The predicted octanol–water partition coefficient (Wildman–Crippen LogP) is 1.82. The quantitative estimate of drug-likeness (QED) is 0.581. The minimum atomic E-state index is -0.385. The Bertz CT molecular complexity index is 451. The summed E-state index contributed by atoms with van der Waals surface area (Å²) < 4.78 is 1.52. The van der Waals surface area contributed by atoms with Gasteiger partial charge in [-0.15, -0.1) is 0 Å². The summed E-state index contributed by atoms with van der Waals surface area (Å²) in [6, 6.07) is 0. The summed E-state index contributed by atoms with van der Waals surface area (Å²) in [5.41, 5.74) is 6.39. The molecule has 19 heavy (non-hydrogen) atoms. The number of rotatable bonds is 7. The van der Waals surface area contributed by atoms with Gasteiger partial charge in [0.2, 0.25) is 5.82 Å². The zero-order chi connectivity index (χ0) is 14.6. The first-order valence-corrected chi connectivity index (χ1v) is 6.61. The number of nitrogens with zero attached hydrogens (tertiary/aromatic N) is 3. The van der Waals surface area contributed by atoms with Gasteiger partial charge < -0.3 is 11.1 Å². The van der Waals surface area contributed by atoms with Crippen molar-refractivity contribution in [3.63, 3.8) is 0 Å². The summed E-state index contributed by atoms with van der Waals surface area (Å²) in [7, 11) is 1.70. The molecule has 0 aliphatic carbocycles. The topological polar surface area (TPSA) is 99.0 Å². The van der Waals surface area contributed by atoms with Gasteiger partial charge >= 0.3 is 5.69 Å². The van der Waals surface area contributed by atoms with Crippen molar-refractivity contribution in [2.75, 3.05) is 11.9 Å². The van der Waals surface area contributed by atoms with Crippen LogP contribution in [0.5, 0.6) is 0 Å². The van der Waals surface area contributed by atoms with E-state index in [1.807, 2.05) is 20.8 Å². The van der Waals surface area contributed by atoms with E-state index >= 15 is 0 Å². The summed E-state index contributed by atoms with van der Waals surface area (Å²) in [5, 5.41) is 18.4. The van der Waals surface area contributed by atoms with Crippen molar-refractivity contribution in [2.45, 2.75) is 45.6 Å². The third kappa shape index (κ3) is 3.23. The largest absolute Gasteiger partial charge is 0.363 e. The first-order valence-electron chi connectivity index (χ1n) is 6.61. The molecule has 0 spiro atoms. The molecule has 0 saturated heterocycles. The second kappa shape index (κ2) is 6.01. The molecule has 1 aromatic rings. The maximum Gasteiger partial charge on any atom is 0.333 e. The van der Waals surface area contributed by atoms with E-state index < -0.39 is 0 Å². The molecular formula is C12H23N5O2. The molecule has 0 aliphatic rings. The number of nitrogens with one attached hydrogen (secondary N) is 1. The standard InChI is InChI=1S/C12H23N5O2/c1-5-9-10(17(18)19)11(16(4)15-9)14-8-12(13,6-2)7-3/h14H,5-8,13H2,1-4H3. The monoisotopic (exact) mass is 269 g/mol. The van der Waals surface area contributed by atoms with Gasteiger partial charge in [-0.3, -0.25) is 10.1 Å². The van der Waals surface area contributed by atoms with Crippen molar-refractivity contribution in [3.05, 3.63) is 15.8 Å². The fraction of sp³-hybridized carbons (Fsp3) is 0.750. The van der Waals surface area contributed by atoms with Crippen molar-refractivity contribution in [1.82, 2.24) is 9.78 Å². The maximum atomic E-state index is 11.2. The molecule has 7 nitrogen and oxygen atoms in total.